The van der Waals surface area contributed by atoms with Gasteiger partial charge in [0, 0.05) is 0 Å². The number of carbonyl (C=O) groups is 1. The van der Waals surface area contributed by atoms with Gasteiger partial charge in [-0.1, -0.05) is 38.5 Å². The van der Waals surface area contributed by atoms with Gasteiger partial charge in [-0.3, -0.25) is 4.79 Å². The summed E-state index contributed by atoms with van der Waals surface area (Å²) in [5.74, 6) is 0.759. The third-order valence-electron chi connectivity index (χ3n) is 4.68. The Kier molecular flexibility index (Phi) is 6.72. The van der Waals surface area contributed by atoms with Crippen molar-refractivity contribution in [3.8, 4) is 0 Å². The summed E-state index contributed by atoms with van der Waals surface area (Å²) >= 11 is 0. The van der Waals surface area contributed by atoms with E-state index in [0.29, 0.717) is 25.0 Å². The smallest absolute Gasteiger partial charge is 0.359 e. The number of primary amides is 1. The van der Waals surface area contributed by atoms with Gasteiger partial charge in [-0.15, -0.1) is 0 Å². The molecule has 0 saturated heterocycles. The van der Waals surface area contributed by atoms with E-state index in [0.717, 1.165) is 25.7 Å². The molecule has 0 aromatic heterocycles. The van der Waals surface area contributed by atoms with Crippen LogP contribution >= 0.6 is 7.60 Å². The van der Waals surface area contributed by atoms with Crippen molar-refractivity contribution in [1.29, 1.82) is 0 Å². The molecule has 2 rings (SSSR count). The van der Waals surface area contributed by atoms with Gasteiger partial charge in [-0.05, 0) is 37.5 Å². The SMILES string of the molecule is NC(=O)P(=O)(OCC1CCCCC1)OCC1CCCCC1. The van der Waals surface area contributed by atoms with Crippen LogP contribution in [0.2, 0.25) is 0 Å². The first-order valence-corrected chi connectivity index (χ1v) is 9.83. The maximum absolute atomic E-state index is 12.5. The Hall–Kier alpha value is -0.380. The molecule has 0 radical (unpaired) electrons. The molecule has 6 heteroatoms. The van der Waals surface area contributed by atoms with Crippen LogP contribution in [0.25, 0.3) is 0 Å². The first kappa shape index (κ1) is 17.0. The van der Waals surface area contributed by atoms with Crippen molar-refractivity contribution in [2.45, 2.75) is 64.2 Å². The summed E-state index contributed by atoms with van der Waals surface area (Å²) in [6, 6.07) is 0. The molecule has 0 bridgehead atoms. The summed E-state index contributed by atoms with van der Waals surface area (Å²) in [7, 11) is -3.79. The molecule has 2 saturated carbocycles. The Morgan fingerprint density at radius 3 is 1.57 bits per heavy atom. The molecule has 0 aliphatic heterocycles. The molecule has 0 atom stereocenters. The Balaban J connectivity index is 1.80. The number of amides is 1. The highest BCUT2D eigenvalue weighted by molar-refractivity contribution is 7.71. The molecule has 2 fully saturated rings. The monoisotopic (exact) mass is 317 g/mol. The lowest BCUT2D eigenvalue weighted by Crippen LogP contribution is -2.21. The minimum Gasteiger partial charge on any atom is -0.359 e. The third-order valence-corrected chi connectivity index (χ3v) is 6.20. The zero-order valence-corrected chi connectivity index (χ0v) is 13.7. The quantitative estimate of drug-likeness (QED) is 0.703. The van der Waals surface area contributed by atoms with Crippen LogP contribution in [0, 0.1) is 11.8 Å². The minimum absolute atomic E-state index is 0.324. The van der Waals surface area contributed by atoms with E-state index >= 15 is 0 Å². The van der Waals surface area contributed by atoms with Crippen LogP contribution in [-0.2, 0) is 13.6 Å². The van der Waals surface area contributed by atoms with Crippen LogP contribution in [0.4, 0.5) is 4.79 Å². The molecular formula is C15H28NO4P. The Morgan fingerprint density at radius 2 is 1.24 bits per heavy atom. The average Bonchev–Trinajstić information content (AvgIpc) is 2.53. The maximum Gasteiger partial charge on any atom is 0.417 e. The van der Waals surface area contributed by atoms with E-state index in [1.54, 1.807) is 0 Å². The Morgan fingerprint density at radius 1 is 0.857 bits per heavy atom. The number of hydrogen-bond donors (Lipinski definition) is 1. The predicted octanol–water partition coefficient (Wildman–Crippen LogP) is 4.45. The molecule has 2 aliphatic rings. The number of carbonyl (C=O) groups excluding carboxylic acids is 1. The van der Waals surface area contributed by atoms with E-state index in [1.165, 1.54) is 38.5 Å². The lowest BCUT2D eigenvalue weighted by atomic mass is 9.90. The van der Waals surface area contributed by atoms with Crippen LogP contribution in [0.5, 0.6) is 0 Å². The highest BCUT2D eigenvalue weighted by Gasteiger charge is 2.34. The molecule has 0 heterocycles. The van der Waals surface area contributed by atoms with Gasteiger partial charge in [-0.2, -0.15) is 0 Å². The van der Waals surface area contributed by atoms with Crippen molar-refractivity contribution in [2.75, 3.05) is 13.2 Å². The normalized spacial score (nSPS) is 22.3. The van der Waals surface area contributed by atoms with Gasteiger partial charge in [-0.25, -0.2) is 4.57 Å². The lowest BCUT2D eigenvalue weighted by molar-refractivity contribution is 0.139. The molecule has 1 amide bonds. The summed E-state index contributed by atoms with van der Waals surface area (Å²) in [5, 5.41) is 0. The maximum atomic E-state index is 12.5. The highest BCUT2D eigenvalue weighted by Crippen LogP contribution is 2.49. The molecule has 2 aliphatic carbocycles. The minimum atomic E-state index is -3.79. The summed E-state index contributed by atoms with van der Waals surface area (Å²) in [6.07, 6.45) is 11.5. The molecule has 122 valence electrons. The molecule has 5 nitrogen and oxygen atoms in total. The zero-order chi connectivity index (χ0) is 15.1. The van der Waals surface area contributed by atoms with Crippen LogP contribution in [0.1, 0.15) is 64.2 Å². The molecule has 21 heavy (non-hydrogen) atoms. The van der Waals surface area contributed by atoms with E-state index < -0.39 is 13.2 Å². The first-order valence-electron chi connectivity index (χ1n) is 8.29. The topological polar surface area (TPSA) is 78.6 Å². The van der Waals surface area contributed by atoms with Crippen LogP contribution in [0.3, 0.4) is 0 Å². The van der Waals surface area contributed by atoms with Crippen LogP contribution in [0.15, 0.2) is 0 Å². The zero-order valence-electron chi connectivity index (χ0n) is 12.8. The number of nitrogens with two attached hydrogens (primary N) is 1. The predicted molar refractivity (Wildman–Crippen MR) is 82.2 cm³/mol. The summed E-state index contributed by atoms with van der Waals surface area (Å²) in [6.45, 7) is 0.649. The van der Waals surface area contributed by atoms with Crippen molar-refractivity contribution in [3.05, 3.63) is 0 Å². The Bertz CT molecular complexity index is 350. The van der Waals surface area contributed by atoms with Crippen LogP contribution in [-0.4, -0.2) is 18.9 Å². The fourth-order valence-corrected chi connectivity index (χ4v) is 4.42. The van der Waals surface area contributed by atoms with Gasteiger partial charge in [0.05, 0.1) is 13.2 Å². The van der Waals surface area contributed by atoms with E-state index in [9.17, 15) is 9.36 Å². The third kappa shape index (κ3) is 5.39. The molecule has 0 spiro atoms. The molecule has 2 N–H and O–H groups in total. The van der Waals surface area contributed by atoms with Crippen molar-refractivity contribution in [3.63, 3.8) is 0 Å². The van der Waals surface area contributed by atoms with Gasteiger partial charge in [0.25, 0.3) is 0 Å². The Labute approximate surface area is 127 Å². The van der Waals surface area contributed by atoms with Crippen molar-refractivity contribution in [1.82, 2.24) is 0 Å². The summed E-state index contributed by atoms with van der Waals surface area (Å²) < 4.78 is 23.2. The van der Waals surface area contributed by atoms with E-state index in [1.807, 2.05) is 0 Å². The lowest BCUT2D eigenvalue weighted by Gasteiger charge is -2.25. The molecule has 0 aromatic carbocycles. The van der Waals surface area contributed by atoms with Gasteiger partial charge in [0.15, 0.2) is 0 Å². The second kappa shape index (κ2) is 8.30. The number of hydrogen-bond acceptors (Lipinski definition) is 4. The standard InChI is InChI=1S/C15H28NO4P/c16-15(17)21(18,19-11-13-7-3-1-4-8-13)20-12-14-9-5-2-6-10-14/h13-14H,1-12H2,(H2,16,17). The summed E-state index contributed by atoms with van der Waals surface area (Å²) in [5.41, 5.74) is 4.30. The van der Waals surface area contributed by atoms with Crippen molar-refractivity contribution in [2.24, 2.45) is 17.6 Å². The molecular weight excluding hydrogens is 289 g/mol. The van der Waals surface area contributed by atoms with Crippen molar-refractivity contribution < 1.29 is 18.4 Å². The van der Waals surface area contributed by atoms with Gasteiger partial charge < -0.3 is 14.8 Å². The molecule has 0 unspecified atom stereocenters. The van der Waals surface area contributed by atoms with E-state index in [2.05, 4.69) is 0 Å². The average molecular weight is 317 g/mol. The second-order valence-corrected chi connectivity index (χ2v) is 8.39. The second-order valence-electron chi connectivity index (χ2n) is 6.44. The van der Waals surface area contributed by atoms with E-state index in [-0.39, 0.29) is 0 Å². The van der Waals surface area contributed by atoms with E-state index in [4.69, 9.17) is 14.8 Å². The fourth-order valence-electron chi connectivity index (χ4n) is 3.28. The van der Waals surface area contributed by atoms with Gasteiger partial charge >= 0.3 is 13.2 Å². The van der Waals surface area contributed by atoms with Gasteiger partial charge in [0.1, 0.15) is 0 Å². The van der Waals surface area contributed by atoms with Crippen LogP contribution < -0.4 is 5.73 Å². The first-order chi connectivity index (χ1) is 10.1. The number of rotatable bonds is 7. The fraction of sp³-hybridized carbons (Fsp3) is 0.933. The molecule has 0 aromatic rings. The van der Waals surface area contributed by atoms with Gasteiger partial charge in [0.2, 0.25) is 0 Å². The van der Waals surface area contributed by atoms with Crippen molar-refractivity contribution >= 4 is 13.2 Å². The largest absolute Gasteiger partial charge is 0.417 e. The highest BCUT2D eigenvalue weighted by atomic mass is 31.2. The summed E-state index contributed by atoms with van der Waals surface area (Å²) in [4.78, 5) is 11.5.